The van der Waals surface area contributed by atoms with Gasteiger partial charge in [-0.2, -0.15) is 0 Å². The van der Waals surface area contributed by atoms with Gasteiger partial charge in [0.2, 0.25) is 0 Å². The van der Waals surface area contributed by atoms with Crippen molar-refractivity contribution in [1.29, 1.82) is 0 Å². The molecule has 11 saturated carbocycles. The highest BCUT2D eigenvalue weighted by atomic mass is 16.5. The van der Waals surface area contributed by atoms with Gasteiger partial charge in [-0.1, -0.05) is 60.1 Å². The van der Waals surface area contributed by atoms with Crippen LogP contribution in [0.15, 0.2) is 59.4 Å². The Bertz CT molecular complexity index is 1930. The van der Waals surface area contributed by atoms with E-state index in [2.05, 4.69) is 54.5 Å². The van der Waals surface area contributed by atoms with Gasteiger partial charge in [-0.3, -0.25) is 4.79 Å². The van der Waals surface area contributed by atoms with Crippen molar-refractivity contribution in [1.82, 2.24) is 0 Å². The molecule has 17 rings (SSSR count). The molecule has 0 heterocycles. The van der Waals surface area contributed by atoms with Crippen LogP contribution in [0, 0.1) is 171 Å². The smallest absolute Gasteiger partial charge is 0.311 e. The highest BCUT2D eigenvalue weighted by Gasteiger charge is 2.88. The van der Waals surface area contributed by atoms with Crippen LogP contribution in [-0.4, -0.2) is 5.97 Å². The summed E-state index contributed by atoms with van der Waals surface area (Å²) in [5, 5.41) is 0. The van der Waals surface area contributed by atoms with Crippen molar-refractivity contribution >= 4 is 5.97 Å². The van der Waals surface area contributed by atoms with E-state index in [1.54, 1.807) is 19.3 Å². The number of allylic oxidation sites excluding steroid dienone is 8. The Kier molecular flexibility index (Phi) is 3.43. The van der Waals surface area contributed by atoms with Crippen LogP contribution in [0.1, 0.15) is 39.0 Å². The summed E-state index contributed by atoms with van der Waals surface area (Å²) in [5.74, 6) is 26.2. The molecule has 0 aromatic rings. The summed E-state index contributed by atoms with van der Waals surface area (Å²) in [5.41, 5.74) is 8.60. The van der Waals surface area contributed by atoms with E-state index in [0.29, 0.717) is 18.3 Å². The maximum Gasteiger partial charge on any atom is 0.311 e. The number of carbonyl (C=O) groups is 1. The third kappa shape index (κ3) is 1.90. The van der Waals surface area contributed by atoms with Crippen molar-refractivity contribution in [3.8, 4) is 0 Å². The normalized spacial score (nSPS) is 74.4. The average molecular weight is 633 g/mol. The third-order valence-corrected chi connectivity index (χ3v) is 23.0. The first kappa shape index (κ1) is 24.4. The largest absolute Gasteiger partial charge is 0.435 e. The second-order valence-electron chi connectivity index (χ2n) is 22.1. The molecule has 11 fully saturated rings. The molecule has 0 amide bonds. The van der Waals surface area contributed by atoms with Crippen LogP contribution in [0.3, 0.4) is 0 Å². The molecule has 244 valence electrons. The van der Waals surface area contributed by atoms with Gasteiger partial charge in [0.1, 0.15) is 0 Å². The van der Waals surface area contributed by atoms with Crippen LogP contribution in [0.5, 0.6) is 0 Å². The maximum absolute atomic E-state index is 13.4. The van der Waals surface area contributed by atoms with Gasteiger partial charge in [-0.15, -0.1) is 0 Å². The van der Waals surface area contributed by atoms with E-state index in [4.69, 9.17) is 4.74 Å². The predicted octanol–water partition coefficient (Wildman–Crippen LogP) is 7.82. The first-order valence-electron chi connectivity index (χ1n) is 21.3. The molecule has 0 aliphatic heterocycles. The number of esters is 1. The number of hydrogen-bond donors (Lipinski definition) is 0. The van der Waals surface area contributed by atoms with Crippen molar-refractivity contribution in [3.63, 3.8) is 0 Å². The summed E-state index contributed by atoms with van der Waals surface area (Å²) in [7, 11) is 0. The molecule has 29 unspecified atom stereocenters. The van der Waals surface area contributed by atoms with Crippen molar-refractivity contribution in [3.05, 3.63) is 59.4 Å². The van der Waals surface area contributed by atoms with E-state index >= 15 is 0 Å². The Hall–Kier alpha value is -1.83. The summed E-state index contributed by atoms with van der Waals surface area (Å²) in [6.45, 7) is 6.36. The van der Waals surface area contributed by atoms with Crippen LogP contribution in [0.25, 0.3) is 0 Å². The number of carbonyl (C=O) groups excluding carboxylic acids is 1. The molecule has 0 spiro atoms. The van der Waals surface area contributed by atoms with Gasteiger partial charge in [0, 0.05) is 5.92 Å². The average Bonchev–Trinajstić information content (AvgIpc) is 3.73. The lowest BCUT2D eigenvalue weighted by molar-refractivity contribution is -0.139. The zero-order valence-corrected chi connectivity index (χ0v) is 28.1. The van der Waals surface area contributed by atoms with Gasteiger partial charge in [0.15, 0.2) is 0 Å². The SMILES string of the molecule is C=COC(=O)CC1(C)C2C3=C4C5C6C7=C8C9C(C=CC3C95)C3C=CC5C9CCC%10C%11CCC%12C%13C%11C%11C%10C9C(C7C%11C6C%13C4C%12C21)C5C83. The molecule has 17 aliphatic rings. The van der Waals surface area contributed by atoms with Gasteiger partial charge in [-0.05, 0) is 191 Å². The fraction of sp³-hybridized carbons (Fsp3) is 0.761. The highest BCUT2D eigenvalue weighted by Crippen LogP contribution is 2.93. The van der Waals surface area contributed by atoms with Gasteiger partial charge in [0.05, 0.1) is 12.7 Å². The van der Waals surface area contributed by atoms with Crippen molar-refractivity contribution < 1.29 is 9.53 Å². The summed E-state index contributed by atoms with van der Waals surface area (Å²) in [4.78, 5) is 13.4. The molecule has 0 saturated heterocycles. The van der Waals surface area contributed by atoms with Crippen LogP contribution >= 0.6 is 0 Å². The van der Waals surface area contributed by atoms with Gasteiger partial charge < -0.3 is 4.74 Å². The molecular weight excluding hydrogens is 585 g/mol. The second-order valence-corrected chi connectivity index (χ2v) is 22.1. The van der Waals surface area contributed by atoms with E-state index in [1.807, 2.05) is 5.57 Å². The fourth-order valence-electron chi connectivity index (χ4n) is 23.9. The van der Waals surface area contributed by atoms with Crippen LogP contribution in [0.2, 0.25) is 0 Å². The van der Waals surface area contributed by atoms with E-state index in [1.165, 1.54) is 12.7 Å². The van der Waals surface area contributed by atoms with E-state index in [9.17, 15) is 4.79 Å². The third-order valence-electron chi connectivity index (χ3n) is 23.0. The molecule has 0 aromatic carbocycles. The summed E-state index contributed by atoms with van der Waals surface area (Å²) in [6, 6.07) is 0. The first-order valence-corrected chi connectivity index (χ1v) is 21.3. The Balaban J connectivity index is 1.00. The zero-order valence-electron chi connectivity index (χ0n) is 28.1. The first-order chi connectivity index (χ1) is 23.6. The van der Waals surface area contributed by atoms with Crippen molar-refractivity contribution in [2.45, 2.75) is 39.0 Å². The minimum absolute atomic E-state index is 0.00994. The molecule has 2 heteroatoms. The second kappa shape index (κ2) is 6.76. The molecule has 0 radical (unpaired) electrons. The topological polar surface area (TPSA) is 26.3 Å². The molecule has 2 nitrogen and oxygen atoms in total. The van der Waals surface area contributed by atoms with E-state index in [0.717, 1.165) is 154 Å². The number of ether oxygens (including phenoxy) is 1. The monoisotopic (exact) mass is 632 g/mol. The maximum atomic E-state index is 13.4. The zero-order chi connectivity index (χ0) is 30.3. The van der Waals surface area contributed by atoms with E-state index in [-0.39, 0.29) is 11.4 Å². The molecule has 29 atom stereocenters. The number of rotatable bonds is 3. The minimum Gasteiger partial charge on any atom is -0.435 e. The minimum atomic E-state index is -0.00994. The Morgan fingerprint density at radius 1 is 0.625 bits per heavy atom. The van der Waals surface area contributed by atoms with Gasteiger partial charge >= 0.3 is 5.97 Å². The lowest BCUT2D eigenvalue weighted by Gasteiger charge is -2.60. The molecule has 48 heavy (non-hydrogen) atoms. The number of fused-ring (bicyclic) bond motifs is 8. The van der Waals surface area contributed by atoms with Crippen LogP contribution < -0.4 is 0 Å². The van der Waals surface area contributed by atoms with Crippen LogP contribution in [0.4, 0.5) is 0 Å². The van der Waals surface area contributed by atoms with E-state index < -0.39 is 0 Å². The van der Waals surface area contributed by atoms with Crippen molar-refractivity contribution in [2.75, 3.05) is 0 Å². The summed E-state index contributed by atoms with van der Waals surface area (Å²) >= 11 is 0. The molecule has 0 bridgehead atoms. The molecule has 0 N–H and O–H groups in total. The molecule has 17 aliphatic carbocycles. The Morgan fingerprint density at radius 3 is 2.02 bits per heavy atom. The quantitative estimate of drug-likeness (QED) is 0.180. The highest BCUT2D eigenvalue weighted by molar-refractivity contribution is 5.72. The predicted molar refractivity (Wildman–Crippen MR) is 178 cm³/mol. The summed E-state index contributed by atoms with van der Waals surface area (Å²) < 4.78 is 5.55. The Morgan fingerprint density at radius 2 is 1.19 bits per heavy atom. The number of hydrogen-bond acceptors (Lipinski definition) is 2. The lowest BCUT2D eigenvalue weighted by atomic mass is 9.44. The summed E-state index contributed by atoms with van der Waals surface area (Å²) in [6.07, 6.45) is 19.8. The van der Waals surface area contributed by atoms with Crippen molar-refractivity contribution in [2.24, 2.45) is 171 Å². The lowest BCUT2D eigenvalue weighted by Crippen LogP contribution is -2.57. The van der Waals surface area contributed by atoms with Gasteiger partial charge in [-0.25, -0.2) is 0 Å². The van der Waals surface area contributed by atoms with Gasteiger partial charge in [0.25, 0.3) is 0 Å². The molecular formula is C46H48O2. The fourth-order valence-corrected chi connectivity index (χ4v) is 23.9. The standard InChI is InChI=1S/C46H48O2/c1-3-48-21(47)12-46(2)44-30-19-10-8-17-15-6-4-13-14-5-7-16-18-9-11-20-29-27(18)34-25(16)23(14)32-22(13)24(15)33-26(17)28(19)35-37(30)38(31(20)45(44)46)36(29)43-41(34)39(32)40(33)42(35)43/h3-4,6,8,10,13-20,22-29,31-32,34-36,38-39,41-45H,1,5,7,9,11-12H2,2H3. The Labute approximate surface area is 284 Å². The van der Waals surface area contributed by atoms with Crippen LogP contribution in [-0.2, 0) is 9.53 Å². The molecule has 0 aromatic heterocycles.